The summed E-state index contributed by atoms with van der Waals surface area (Å²) in [5.41, 5.74) is 6.64. The van der Waals surface area contributed by atoms with Crippen molar-refractivity contribution in [2.75, 3.05) is 13.1 Å². The Hall–Kier alpha value is -0.860. The fourth-order valence-electron chi connectivity index (χ4n) is 0.931. The van der Waals surface area contributed by atoms with Gasteiger partial charge in [0.05, 0.1) is 0 Å². The van der Waals surface area contributed by atoms with E-state index in [0.717, 1.165) is 13.1 Å². The predicted molar refractivity (Wildman–Crippen MR) is 72.0 cm³/mol. The monoisotopic (exact) mass is 212 g/mol. The molecule has 0 amide bonds. The van der Waals surface area contributed by atoms with Gasteiger partial charge in [0, 0.05) is 19.6 Å². The highest BCUT2D eigenvalue weighted by atomic mass is 14.9. The van der Waals surface area contributed by atoms with Gasteiger partial charge in [-0.15, -0.1) is 0 Å². The SMILES string of the molecule is C.C.CC.NCCNCc1ccccc1. The van der Waals surface area contributed by atoms with Crippen LogP contribution in [-0.2, 0) is 6.54 Å². The summed E-state index contributed by atoms with van der Waals surface area (Å²) in [5.74, 6) is 0. The Labute approximate surface area is 95.9 Å². The van der Waals surface area contributed by atoms with Gasteiger partial charge in [0.2, 0.25) is 0 Å². The predicted octanol–water partition coefficient (Wildman–Crippen LogP) is 3.03. The van der Waals surface area contributed by atoms with E-state index in [1.165, 1.54) is 5.56 Å². The van der Waals surface area contributed by atoms with E-state index >= 15 is 0 Å². The Morgan fingerprint density at radius 3 is 2.07 bits per heavy atom. The molecule has 2 heteroatoms. The van der Waals surface area contributed by atoms with Gasteiger partial charge in [0.1, 0.15) is 0 Å². The third-order valence-corrected chi connectivity index (χ3v) is 1.49. The van der Waals surface area contributed by atoms with E-state index in [9.17, 15) is 0 Å². The van der Waals surface area contributed by atoms with Crippen molar-refractivity contribution in [3.63, 3.8) is 0 Å². The van der Waals surface area contributed by atoms with Crippen LogP contribution >= 0.6 is 0 Å². The van der Waals surface area contributed by atoms with E-state index in [1.54, 1.807) is 0 Å². The summed E-state index contributed by atoms with van der Waals surface area (Å²) >= 11 is 0. The maximum absolute atomic E-state index is 5.33. The van der Waals surface area contributed by atoms with Crippen LogP contribution in [0.5, 0.6) is 0 Å². The lowest BCUT2D eigenvalue weighted by atomic mass is 10.2. The number of nitrogens with one attached hydrogen (secondary N) is 1. The highest BCUT2D eigenvalue weighted by Gasteiger charge is 1.87. The van der Waals surface area contributed by atoms with Crippen molar-refractivity contribution in [1.29, 1.82) is 0 Å². The molecule has 0 saturated heterocycles. The molecule has 0 saturated carbocycles. The van der Waals surface area contributed by atoms with Crippen LogP contribution in [0.25, 0.3) is 0 Å². The second kappa shape index (κ2) is 15.6. The Balaban J connectivity index is -0.000000339. The van der Waals surface area contributed by atoms with Crippen LogP contribution in [0.4, 0.5) is 0 Å². The van der Waals surface area contributed by atoms with Crippen LogP contribution in [-0.4, -0.2) is 13.1 Å². The van der Waals surface area contributed by atoms with Crippen LogP contribution in [0.1, 0.15) is 34.3 Å². The molecule has 0 unspecified atom stereocenters. The molecule has 0 spiro atoms. The average molecular weight is 212 g/mol. The molecule has 1 aromatic carbocycles. The average Bonchev–Trinajstić information content (AvgIpc) is 2.23. The molecule has 0 heterocycles. The maximum Gasteiger partial charge on any atom is 0.0206 e. The topological polar surface area (TPSA) is 38.0 Å². The normalized spacial score (nSPS) is 7.67. The minimum absolute atomic E-state index is 0. The molecule has 0 aliphatic rings. The molecule has 90 valence electrons. The van der Waals surface area contributed by atoms with Gasteiger partial charge in [-0.2, -0.15) is 0 Å². The molecular formula is C13H28N2. The zero-order valence-corrected chi connectivity index (χ0v) is 8.59. The quantitative estimate of drug-likeness (QED) is 0.753. The third kappa shape index (κ3) is 11.1. The summed E-state index contributed by atoms with van der Waals surface area (Å²) in [5, 5.41) is 3.23. The molecule has 0 bridgehead atoms. The van der Waals surface area contributed by atoms with E-state index in [0.29, 0.717) is 6.54 Å². The van der Waals surface area contributed by atoms with Crippen LogP contribution in [0.3, 0.4) is 0 Å². The van der Waals surface area contributed by atoms with Crippen LogP contribution < -0.4 is 11.1 Å². The number of hydrogen-bond acceptors (Lipinski definition) is 2. The summed E-state index contributed by atoms with van der Waals surface area (Å²) in [7, 11) is 0. The first kappa shape index (κ1) is 19.7. The first-order valence-electron chi connectivity index (χ1n) is 4.88. The molecule has 3 N–H and O–H groups in total. The summed E-state index contributed by atoms with van der Waals surface area (Å²) < 4.78 is 0. The van der Waals surface area contributed by atoms with Gasteiger partial charge in [-0.3, -0.25) is 0 Å². The maximum atomic E-state index is 5.33. The molecule has 1 aromatic rings. The number of nitrogens with two attached hydrogens (primary N) is 1. The van der Waals surface area contributed by atoms with Gasteiger partial charge < -0.3 is 11.1 Å². The Bertz CT molecular complexity index is 185. The lowest BCUT2D eigenvalue weighted by Gasteiger charge is -2.01. The first-order valence-corrected chi connectivity index (χ1v) is 4.88. The number of hydrogen-bond donors (Lipinski definition) is 2. The molecule has 0 radical (unpaired) electrons. The largest absolute Gasteiger partial charge is 0.329 e. The fraction of sp³-hybridized carbons (Fsp3) is 0.538. The molecule has 0 aliphatic carbocycles. The zero-order valence-electron chi connectivity index (χ0n) is 8.59. The summed E-state index contributed by atoms with van der Waals surface area (Å²) in [6.45, 7) is 6.50. The second-order valence-corrected chi connectivity index (χ2v) is 2.45. The minimum Gasteiger partial charge on any atom is -0.329 e. The van der Waals surface area contributed by atoms with Crippen molar-refractivity contribution >= 4 is 0 Å². The van der Waals surface area contributed by atoms with E-state index < -0.39 is 0 Å². The lowest BCUT2D eigenvalue weighted by Crippen LogP contribution is -2.21. The standard InChI is InChI=1S/C9H14N2.C2H6.2CH4/c10-6-7-11-8-9-4-2-1-3-5-9;1-2;;/h1-5,11H,6-8,10H2;1-2H3;2*1H4. The van der Waals surface area contributed by atoms with Gasteiger partial charge in [-0.1, -0.05) is 59.0 Å². The van der Waals surface area contributed by atoms with Crippen LogP contribution in [0.15, 0.2) is 30.3 Å². The molecule has 0 atom stereocenters. The van der Waals surface area contributed by atoms with Gasteiger partial charge >= 0.3 is 0 Å². The Kier molecular flexibility index (Phi) is 20.5. The molecular weight excluding hydrogens is 184 g/mol. The summed E-state index contributed by atoms with van der Waals surface area (Å²) in [6, 6.07) is 10.3. The Morgan fingerprint density at radius 2 is 1.60 bits per heavy atom. The lowest BCUT2D eigenvalue weighted by molar-refractivity contribution is 0.695. The van der Waals surface area contributed by atoms with Crippen LogP contribution in [0, 0.1) is 0 Å². The van der Waals surface area contributed by atoms with Crippen molar-refractivity contribution in [3.05, 3.63) is 35.9 Å². The number of rotatable bonds is 4. The van der Waals surface area contributed by atoms with E-state index in [2.05, 4.69) is 17.4 Å². The highest BCUT2D eigenvalue weighted by Crippen LogP contribution is 1.96. The first-order chi connectivity index (χ1) is 6.43. The van der Waals surface area contributed by atoms with E-state index in [4.69, 9.17) is 5.73 Å². The van der Waals surface area contributed by atoms with Gasteiger partial charge in [0.25, 0.3) is 0 Å². The van der Waals surface area contributed by atoms with Crippen molar-refractivity contribution < 1.29 is 0 Å². The molecule has 1 rings (SSSR count). The van der Waals surface area contributed by atoms with Gasteiger partial charge in [-0.05, 0) is 5.56 Å². The molecule has 15 heavy (non-hydrogen) atoms. The summed E-state index contributed by atoms with van der Waals surface area (Å²) in [4.78, 5) is 0. The summed E-state index contributed by atoms with van der Waals surface area (Å²) in [6.07, 6.45) is 0. The van der Waals surface area contributed by atoms with Crippen molar-refractivity contribution in [3.8, 4) is 0 Å². The fourth-order valence-corrected chi connectivity index (χ4v) is 0.931. The van der Waals surface area contributed by atoms with Crippen LogP contribution in [0.2, 0.25) is 0 Å². The van der Waals surface area contributed by atoms with E-state index in [1.807, 2.05) is 32.0 Å². The van der Waals surface area contributed by atoms with Gasteiger partial charge in [-0.25, -0.2) is 0 Å². The van der Waals surface area contributed by atoms with Gasteiger partial charge in [0.15, 0.2) is 0 Å². The molecule has 2 nitrogen and oxygen atoms in total. The zero-order chi connectivity index (χ0) is 9.94. The molecule has 0 fully saturated rings. The van der Waals surface area contributed by atoms with Crippen molar-refractivity contribution in [1.82, 2.24) is 5.32 Å². The molecule has 0 aliphatic heterocycles. The van der Waals surface area contributed by atoms with Crippen molar-refractivity contribution in [2.24, 2.45) is 5.73 Å². The highest BCUT2D eigenvalue weighted by molar-refractivity contribution is 5.14. The Morgan fingerprint density at radius 1 is 1.07 bits per heavy atom. The third-order valence-electron chi connectivity index (χ3n) is 1.49. The van der Waals surface area contributed by atoms with Crippen molar-refractivity contribution in [2.45, 2.75) is 35.2 Å². The van der Waals surface area contributed by atoms with E-state index in [-0.39, 0.29) is 14.9 Å². The number of benzene rings is 1. The smallest absolute Gasteiger partial charge is 0.0206 e. The molecule has 0 aromatic heterocycles. The second-order valence-electron chi connectivity index (χ2n) is 2.45. The minimum atomic E-state index is 0.